The molecule has 26 heavy (non-hydrogen) atoms. The smallest absolute Gasteiger partial charge is 0.219 e. The first-order valence-electron chi connectivity index (χ1n) is 7.50. The van der Waals surface area contributed by atoms with Gasteiger partial charge in [0.1, 0.15) is 5.82 Å². The van der Waals surface area contributed by atoms with E-state index < -0.39 is 5.82 Å². The second-order valence-corrected chi connectivity index (χ2v) is 5.84. The lowest BCUT2D eigenvalue weighted by atomic mass is 10.2. The summed E-state index contributed by atoms with van der Waals surface area (Å²) < 4.78 is 22.0. The number of fused-ring (bicyclic) bond motifs is 3. The number of furan rings is 1. The molecule has 11 heteroatoms. The van der Waals surface area contributed by atoms with Crippen molar-refractivity contribution >= 4 is 28.4 Å². The van der Waals surface area contributed by atoms with E-state index in [9.17, 15) is 4.39 Å². The molecule has 0 aliphatic carbocycles. The summed E-state index contributed by atoms with van der Waals surface area (Å²) in [6.45, 7) is 0.0615. The van der Waals surface area contributed by atoms with Crippen molar-refractivity contribution in [2.24, 2.45) is 0 Å². The SMILES string of the molecule is Fc1cccc(Cl)c1Cn1nnc2c1nnn1nc(-c3ccco3)nc21. The van der Waals surface area contributed by atoms with Crippen LogP contribution < -0.4 is 0 Å². The molecule has 5 aromatic rings. The van der Waals surface area contributed by atoms with Crippen LogP contribution in [-0.2, 0) is 6.54 Å². The van der Waals surface area contributed by atoms with E-state index in [1.54, 1.807) is 18.2 Å². The van der Waals surface area contributed by atoms with Crippen molar-refractivity contribution in [3.63, 3.8) is 0 Å². The molecule has 0 unspecified atom stereocenters. The first-order chi connectivity index (χ1) is 12.7. The van der Waals surface area contributed by atoms with Crippen LogP contribution in [0.15, 0.2) is 41.0 Å². The van der Waals surface area contributed by atoms with Crippen molar-refractivity contribution in [1.29, 1.82) is 0 Å². The molecular formula is C15H8ClFN8O. The van der Waals surface area contributed by atoms with Crippen LogP contribution in [0.25, 0.3) is 28.4 Å². The first-order valence-corrected chi connectivity index (χ1v) is 7.88. The fraction of sp³-hybridized carbons (Fsp3) is 0.0667. The van der Waals surface area contributed by atoms with E-state index in [1.165, 1.54) is 27.7 Å². The van der Waals surface area contributed by atoms with Crippen molar-refractivity contribution in [2.45, 2.75) is 6.54 Å². The highest BCUT2D eigenvalue weighted by atomic mass is 35.5. The van der Waals surface area contributed by atoms with Gasteiger partial charge in [0.05, 0.1) is 12.8 Å². The van der Waals surface area contributed by atoms with E-state index >= 15 is 0 Å². The van der Waals surface area contributed by atoms with Crippen LogP contribution in [0.2, 0.25) is 5.02 Å². The summed E-state index contributed by atoms with van der Waals surface area (Å²) >= 11 is 6.08. The van der Waals surface area contributed by atoms with E-state index in [4.69, 9.17) is 16.0 Å². The monoisotopic (exact) mass is 370 g/mol. The number of aromatic nitrogens is 8. The summed E-state index contributed by atoms with van der Waals surface area (Å²) in [6.07, 6.45) is 1.52. The maximum Gasteiger partial charge on any atom is 0.219 e. The quantitative estimate of drug-likeness (QED) is 0.480. The van der Waals surface area contributed by atoms with Crippen molar-refractivity contribution in [3.8, 4) is 11.6 Å². The summed E-state index contributed by atoms with van der Waals surface area (Å²) in [5.74, 6) is 0.412. The van der Waals surface area contributed by atoms with Crippen LogP contribution in [0.5, 0.6) is 0 Å². The standard InChI is InChI=1S/C15H8ClFN8O/c16-9-3-1-4-10(17)8(9)7-24-15-12(19-22-24)14-18-13(11-5-2-6-26-11)21-25(14)23-20-15/h1-6H,7H2. The molecule has 0 atom stereocenters. The van der Waals surface area contributed by atoms with Gasteiger partial charge in [-0.25, -0.2) is 9.07 Å². The van der Waals surface area contributed by atoms with E-state index in [0.717, 1.165) is 0 Å². The van der Waals surface area contributed by atoms with Gasteiger partial charge in [0.2, 0.25) is 17.1 Å². The first kappa shape index (κ1) is 14.9. The van der Waals surface area contributed by atoms with Crippen LogP contribution in [0.1, 0.15) is 5.56 Å². The predicted octanol–water partition coefficient (Wildman–Crippen LogP) is 2.36. The molecule has 0 aliphatic heterocycles. The highest BCUT2D eigenvalue weighted by Gasteiger charge is 2.18. The van der Waals surface area contributed by atoms with Gasteiger partial charge in [-0.2, -0.15) is 4.98 Å². The van der Waals surface area contributed by atoms with Gasteiger partial charge in [0, 0.05) is 10.6 Å². The molecule has 9 nitrogen and oxygen atoms in total. The Kier molecular flexibility index (Phi) is 3.19. The fourth-order valence-corrected chi connectivity index (χ4v) is 2.82. The molecule has 0 N–H and O–H groups in total. The average Bonchev–Trinajstić information content (AvgIpc) is 3.35. The lowest BCUT2D eigenvalue weighted by Crippen LogP contribution is -2.07. The number of hydrogen-bond acceptors (Lipinski definition) is 7. The van der Waals surface area contributed by atoms with Crippen LogP contribution in [0.4, 0.5) is 4.39 Å². The number of nitrogens with zero attached hydrogens (tertiary/aromatic N) is 8. The Hall–Kier alpha value is -3.40. The Balaban J connectivity index is 1.64. The number of benzene rings is 1. The number of halogens is 2. The summed E-state index contributed by atoms with van der Waals surface area (Å²) in [6, 6.07) is 7.94. The maximum absolute atomic E-state index is 14.0. The zero-order valence-electron chi connectivity index (χ0n) is 12.9. The Morgan fingerprint density at radius 1 is 1.08 bits per heavy atom. The Bertz CT molecular complexity index is 1230. The summed E-state index contributed by atoms with van der Waals surface area (Å²) in [4.78, 5) is 4.38. The number of hydrogen-bond donors (Lipinski definition) is 0. The predicted molar refractivity (Wildman–Crippen MR) is 87.9 cm³/mol. The summed E-state index contributed by atoms with van der Waals surface area (Å²) in [5.41, 5.74) is 1.39. The van der Waals surface area contributed by atoms with Crippen molar-refractivity contribution < 1.29 is 8.81 Å². The molecule has 5 rings (SSSR count). The zero-order chi connectivity index (χ0) is 17.7. The van der Waals surface area contributed by atoms with Crippen LogP contribution in [0, 0.1) is 5.82 Å². The lowest BCUT2D eigenvalue weighted by Gasteiger charge is -2.05. The van der Waals surface area contributed by atoms with Gasteiger partial charge < -0.3 is 4.42 Å². The normalized spacial score (nSPS) is 11.6. The molecule has 0 spiro atoms. The largest absolute Gasteiger partial charge is 0.461 e. The van der Waals surface area contributed by atoms with E-state index in [0.29, 0.717) is 39.0 Å². The second kappa shape index (κ2) is 5.56. The Labute approximate surface area is 149 Å². The third-order valence-electron chi connectivity index (χ3n) is 3.85. The topological polar surface area (TPSA) is 99.8 Å². The Morgan fingerprint density at radius 2 is 2.00 bits per heavy atom. The molecule has 128 valence electrons. The molecule has 0 fully saturated rings. The van der Waals surface area contributed by atoms with Gasteiger partial charge in [-0.3, -0.25) is 0 Å². The van der Waals surface area contributed by atoms with Gasteiger partial charge in [-0.1, -0.05) is 22.9 Å². The molecule has 0 bridgehead atoms. The van der Waals surface area contributed by atoms with Crippen molar-refractivity contribution in [1.82, 2.24) is 40.0 Å². The molecule has 4 heterocycles. The van der Waals surface area contributed by atoms with Crippen LogP contribution in [-0.4, -0.2) is 40.0 Å². The Morgan fingerprint density at radius 3 is 2.81 bits per heavy atom. The summed E-state index contributed by atoms with van der Waals surface area (Å²) in [7, 11) is 0. The van der Waals surface area contributed by atoms with Crippen molar-refractivity contribution in [2.75, 3.05) is 0 Å². The molecule has 4 aromatic heterocycles. The minimum atomic E-state index is -0.433. The van der Waals surface area contributed by atoms with E-state index in [2.05, 4.69) is 30.7 Å². The van der Waals surface area contributed by atoms with Crippen LogP contribution >= 0.6 is 11.6 Å². The lowest BCUT2D eigenvalue weighted by molar-refractivity contribution is 0.575. The average molecular weight is 371 g/mol. The van der Waals surface area contributed by atoms with Gasteiger partial charge in [0.25, 0.3) is 0 Å². The van der Waals surface area contributed by atoms with Gasteiger partial charge >= 0.3 is 0 Å². The third kappa shape index (κ3) is 2.23. The van der Waals surface area contributed by atoms with Crippen LogP contribution in [0.3, 0.4) is 0 Å². The third-order valence-corrected chi connectivity index (χ3v) is 4.20. The second-order valence-electron chi connectivity index (χ2n) is 5.43. The molecule has 1 aromatic carbocycles. The molecular weight excluding hydrogens is 363 g/mol. The van der Waals surface area contributed by atoms with Crippen molar-refractivity contribution in [3.05, 3.63) is 53.0 Å². The fourth-order valence-electron chi connectivity index (χ4n) is 2.60. The minimum absolute atomic E-state index is 0.0615. The van der Waals surface area contributed by atoms with E-state index in [-0.39, 0.29) is 6.54 Å². The molecule has 0 radical (unpaired) electrons. The summed E-state index contributed by atoms with van der Waals surface area (Å²) in [5, 5.41) is 20.7. The maximum atomic E-state index is 14.0. The molecule has 0 amide bonds. The minimum Gasteiger partial charge on any atom is -0.461 e. The van der Waals surface area contributed by atoms with Gasteiger partial charge in [0.15, 0.2) is 11.3 Å². The zero-order valence-corrected chi connectivity index (χ0v) is 13.7. The molecule has 0 saturated carbocycles. The molecule has 0 aliphatic rings. The van der Waals surface area contributed by atoms with Gasteiger partial charge in [-0.15, -0.1) is 19.9 Å². The van der Waals surface area contributed by atoms with Gasteiger partial charge in [-0.05, 0) is 29.5 Å². The molecule has 0 saturated heterocycles. The van der Waals surface area contributed by atoms with E-state index in [1.807, 2.05) is 0 Å². The highest BCUT2D eigenvalue weighted by molar-refractivity contribution is 6.31. The number of rotatable bonds is 3. The highest BCUT2D eigenvalue weighted by Crippen LogP contribution is 2.22.